The molecule has 0 bridgehead atoms. The van der Waals surface area contributed by atoms with E-state index in [0.29, 0.717) is 11.4 Å². The molecular weight excluding hydrogens is 408 g/mol. The Morgan fingerprint density at radius 2 is 1.72 bits per heavy atom. The van der Waals surface area contributed by atoms with E-state index in [1.165, 1.54) is 4.68 Å². The maximum atomic E-state index is 12.8. The Balaban J connectivity index is 1.38. The monoisotopic (exact) mass is 424 g/mol. The summed E-state index contributed by atoms with van der Waals surface area (Å²) in [6, 6.07) is 11.3. The van der Waals surface area contributed by atoms with Gasteiger partial charge < -0.3 is 9.80 Å². The minimum Gasteiger partial charge on any atom is -0.365 e. The molecule has 29 heavy (non-hydrogen) atoms. The summed E-state index contributed by atoms with van der Waals surface area (Å²) < 4.78 is 2.43. The number of benzene rings is 1. The Bertz CT molecular complexity index is 1220. The molecule has 1 fully saturated rings. The Hall–Kier alpha value is -2.97. The third kappa shape index (κ3) is 3.24. The van der Waals surface area contributed by atoms with Gasteiger partial charge in [-0.2, -0.15) is 9.78 Å². The summed E-state index contributed by atoms with van der Waals surface area (Å²) in [5.74, 6) is 0.966. The molecule has 0 saturated carbocycles. The number of hydrogen-bond acceptors (Lipinski definition) is 7. The minimum absolute atomic E-state index is 0.194. The molecule has 0 unspecified atom stereocenters. The predicted molar refractivity (Wildman–Crippen MR) is 117 cm³/mol. The highest BCUT2D eigenvalue weighted by Crippen LogP contribution is 2.30. The lowest BCUT2D eigenvalue weighted by Crippen LogP contribution is -2.47. The van der Waals surface area contributed by atoms with Gasteiger partial charge in [-0.1, -0.05) is 29.8 Å². The molecule has 3 aromatic heterocycles. The first-order chi connectivity index (χ1) is 14.2. The van der Waals surface area contributed by atoms with Crippen molar-refractivity contribution in [1.29, 1.82) is 0 Å². The van der Waals surface area contributed by atoms with Crippen molar-refractivity contribution in [3.05, 3.63) is 69.7 Å². The SMILES string of the molecule is O=c1c(Cl)c(N2CCN(c3ncnc4ccsc34)CC2)cnn1-c1ccccc1. The standard InChI is InChI=1S/C20H17ClN6OS/c21-17-16(12-24-27(20(17)28)14-4-2-1-3-5-14)25-7-9-26(10-8-25)19-18-15(6-11-29-18)22-13-23-19/h1-6,11-13H,7-10H2. The molecule has 4 heterocycles. The van der Waals surface area contributed by atoms with Crippen LogP contribution in [-0.4, -0.2) is 45.9 Å². The van der Waals surface area contributed by atoms with E-state index in [0.717, 1.165) is 42.2 Å². The molecule has 0 atom stereocenters. The van der Waals surface area contributed by atoms with Gasteiger partial charge in [0, 0.05) is 26.2 Å². The largest absolute Gasteiger partial charge is 0.365 e. The summed E-state index contributed by atoms with van der Waals surface area (Å²) in [5, 5.41) is 6.57. The van der Waals surface area contributed by atoms with E-state index in [1.807, 2.05) is 41.8 Å². The van der Waals surface area contributed by atoms with Crippen LogP contribution in [0.2, 0.25) is 5.02 Å². The highest BCUT2D eigenvalue weighted by Gasteiger charge is 2.23. The van der Waals surface area contributed by atoms with E-state index in [-0.39, 0.29) is 10.6 Å². The zero-order valence-corrected chi connectivity index (χ0v) is 17.0. The topological polar surface area (TPSA) is 67.2 Å². The first kappa shape index (κ1) is 18.1. The van der Waals surface area contributed by atoms with Gasteiger partial charge in [0.15, 0.2) is 0 Å². The summed E-state index contributed by atoms with van der Waals surface area (Å²) >= 11 is 8.10. The van der Waals surface area contributed by atoms with E-state index in [9.17, 15) is 4.79 Å². The fraction of sp³-hybridized carbons (Fsp3) is 0.200. The van der Waals surface area contributed by atoms with Gasteiger partial charge in [0.05, 0.1) is 27.8 Å². The van der Waals surface area contributed by atoms with Crippen molar-refractivity contribution in [3.63, 3.8) is 0 Å². The fourth-order valence-electron chi connectivity index (χ4n) is 3.56. The van der Waals surface area contributed by atoms with E-state index >= 15 is 0 Å². The number of halogens is 1. The Morgan fingerprint density at radius 3 is 2.52 bits per heavy atom. The summed E-state index contributed by atoms with van der Waals surface area (Å²) in [7, 11) is 0. The number of piperazine rings is 1. The summed E-state index contributed by atoms with van der Waals surface area (Å²) in [5.41, 5.74) is 2.03. The molecule has 0 N–H and O–H groups in total. The van der Waals surface area contributed by atoms with Gasteiger partial charge >= 0.3 is 0 Å². The highest BCUT2D eigenvalue weighted by molar-refractivity contribution is 7.17. The minimum atomic E-state index is -0.311. The second-order valence-corrected chi connectivity index (χ2v) is 8.00. The average molecular weight is 425 g/mol. The van der Waals surface area contributed by atoms with Gasteiger partial charge in [0.2, 0.25) is 0 Å². The lowest BCUT2D eigenvalue weighted by atomic mass is 10.2. The van der Waals surface area contributed by atoms with Crippen molar-refractivity contribution in [2.24, 2.45) is 0 Å². The van der Waals surface area contributed by atoms with Crippen LogP contribution in [0.25, 0.3) is 15.9 Å². The van der Waals surface area contributed by atoms with Crippen molar-refractivity contribution in [3.8, 4) is 5.69 Å². The molecule has 1 aliphatic rings. The van der Waals surface area contributed by atoms with Crippen LogP contribution in [0.4, 0.5) is 11.5 Å². The maximum Gasteiger partial charge on any atom is 0.292 e. The Labute approximate surface area is 175 Å². The molecule has 9 heteroatoms. The molecule has 1 aromatic carbocycles. The molecule has 146 valence electrons. The maximum absolute atomic E-state index is 12.8. The van der Waals surface area contributed by atoms with Crippen LogP contribution in [0, 0.1) is 0 Å². The third-order valence-electron chi connectivity index (χ3n) is 5.05. The van der Waals surface area contributed by atoms with Gasteiger partial charge in [-0.3, -0.25) is 4.79 Å². The molecular formula is C20H17ClN6OS. The van der Waals surface area contributed by atoms with E-state index in [1.54, 1.807) is 23.9 Å². The van der Waals surface area contributed by atoms with Crippen LogP contribution < -0.4 is 15.4 Å². The van der Waals surface area contributed by atoms with Gasteiger partial charge in [0.1, 0.15) is 17.2 Å². The molecule has 0 aliphatic carbocycles. The number of anilines is 2. The average Bonchev–Trinajstić information content (AvgIpc) is 3.25. The number of aromatic nitrogens is 4. The lowest BCUT2D eigenvalue weighted by molar-refractivity contribution is 0.645. The molecule has 1 aliphatic heterocycles. The summed E-state index contributed by atoms with van der Waals surface area (Å²) in [4.78, 5) is 25.9. The molecule has 0 radical (unpaired) electrons. The molecule has 4 aromatic rings. The van der Waals surface area contributed by atoms with Crippen LogP contribution in [0.5, 0.6) is 0 Å². The first-order valence-electron chi connectivity index (χ1n) is 9.24. The molecule has 0 spiro atoms. The van der Waals surface area contributed by atoms with Crippen LogP contribution in [0.15, 0.2) is 59.1 Å². The van der Waals surface area contributed by atoms with Crippen LogP contribution in [0.3, 0.4) is 0 Å². The predicted octanol–water partition coefficient (Wildman–Crippen LogP) is 3.22. The van der Waals surface area contributed by atoms with Gasteiger partial charge in [-0.05, 0) is 23.6 Å². The molecule has 7 nitrogen and oxygen atoms in total. The van der Waals surface area contributed by atoms with Gasteiger partial charge in [-0.25, -0.2) is 9.97 Å². The molecule has 0 amide bonds. The van der Waals surface area contributed by atoms with Crippen molar-refractivity contribution in [1.82, 2.24) is 19.7 Å². The van der Waals surface area contributed by atoms with Crippen molar-refractivity contribution in [2.75, 3.05) is 36.0 Å². The zero-order chi connectivity index (χ0) is 19.8. The van der Waals surface area contributed by atoms with Crippen molar-refractivity contribution >= 4 is 44.7 Å². The summed E-state index contributed by atoms with van der Waals surface area (Å²) in [6.07, 6.45) is 3.29. The molecule has 1 saturated heterocycles. The van der Waals surface area contributed by atoms with Gasteiger partial charge in [0.25, 0.3) is 5.56 Å². The highest BCUT2D eigenvalue weighted by atomic mass is 35.5. The van der Waals surface area contributed by atoms with E-state index in [4.69, 9.17) is 11.6 Å². The Kier molecular flexibility index (Phi) is 4.65. The fourth-order valence-corrected chi connectivity index (χ4v) is 4.67. The molecule has 5 rings (SSSR count). The quantitative estimate of drug-likeness (QED) is 0.503. The van der Waals surface area contributed by atoms with Crippen molar-refractivity contribution in [2.45, 2.75) is 0 Å². The number of hydrogen-bond donors (Lipinski definition) is 0. The summed E-state index contributed by atoms with van der Waals surface area (Å²) in [6.45, 7) is 3.02. The number of rotatable bonds is 3. The third-order valence-corrected chi connectivity index (χ3v) is 6.30. The van der Waals surface area contributed by atoms with E-state index < -0.39 is 0 Å². The normalized spacial score (nSPS) is 14.5. The first-order valence-corrected chi connectivity index (χ1v) is 10.5. The second kappa shape index (κ2) is 7.46. The number of thiophene rings is 1. The number of para-hydroxylation sites is 1. The second-order valence-electron chi connectivity index (χ2n) is 6.70. The Morgan fingerprint density at radius 1 is 0.966 bits per heavy atom. The van der Waals surface area contributed by atoms with E-state index in [2.05, 4.69) is 24.9 Å². The van der Waals surface area contributed by atoms with Crippen LogP contribution in [-0.2, 0) is 0 Å². The lowest BCUT2D eigenvalue weighted by Gasteiger charge is -2.36. The smallest absolute Gasteiger partial charge is 0.292 e. The van der Waals surface area contributed by atoms with Crippen LogP contribution in [0.1, 0.15) is 0 Å². The zero-order valence-electron chi connectivity index (χ0n) is 15.4. The van der Waals surface area contributed by atoms with Crippen LogP contribution >= 0.6 is 22.9 Å². The number of nitrogens with zero attached hydrogens (tertiary/aromatic N) is 6. The van der Waals surface area contributed by atoms with Gasteiger partial charge in [-0.15, -0.1) is 11.3 Å². The van der Waals surface area contributed by atoms with Crippen molar-refractivity contribution < 1.29 is 0 Å². The number of fused-ring (bicyclic) bond motifs is 1.